The number of carbonyl (C=O) groups excluding carboxylic acids is 2. The highest BCUT2D eigenvalue weighted by Gasteiger charge is 2.41. The topological polar surface area (TPSA) is 46.2 Å². The number of rotatable bonds is 8. The first-order valence-corrected chi connectivity index (χ1v) is 11.5. The van der Waals surface area contributed by atoms with E-state index >= 15 is 0 Å². The van der Waals surface area contributed by atoms with Gasteiger partial charge in [0, 0.05) is 16.2 Å². The zero-order valence-electron chi connectivity index (χ0n) is 16.8. The zero-order chi connectivity index (χ0) is 19.3. The van der Waals surface area contributed by atoms with Crippen molar-refractivity contribution in [2.75, 3.05) is 5.32 Å². The van der Waals surface area contributed by atoms with E-state index in [1.807, 2.05) is 24.3 Å². The highest BCUT2D eigenvalue weighted by molar-refractivity contribution is 8.13. The van der Waals surface area contributed by atoms with Crippen LogP contribution in [0.2, 0.25) is 0 Å². The number of benzene rings is 1. The fourth-order valence-corrected chi connectivity index (χ4v) is 5.30. The summed E-state index contributed by atoms with van der Waals surface area (Å²) in [5, 5.41) is 3.46. The van der Waals surface area contributed by atoms with E-state index in [1.165, 1.54) is 18.2 Å². The molecular weight excluding hydrogens is 354 g/mol. The van der Waals surface area contributed by atoms with Crippen molar-refractivity contribution in [3.05, 3.63) is 24.3 Å². The first-order valence-electron chi connectivity index (χ1n) is 10.7. The van der Waals surface area contributed by atoms with Crippen LogP contribution in [0, 0.1) is 17.3 Å². The standard InChI is InChI=1S/C23H33NO2S/c1-3-17(4-2)16-23(14-8-5-9-15-23)22(26)24-19-10-6-7-11-20(19)27-21(25)18-12-13-18/h6-7,10-11,17-18H,3-5,8-9,12-16H2,1-2H3,(H,24,26). The Morgan fingerprint density at radius 1 is 1.11 bits per heavy atom. The van der Waals surface area contributed by atoms with Gasteiger partial charge in [0.1, 0.15) is 0 Å². The van der Waals surface area contributed by atoms with Gasteiger partial charge in [-0.15, -0.1) is 0 Å². The maximum absolute atomic E-state index is 13.4. The van der Waals surface area contributed by atoms with Gasteiger partial charge in [-0.1, -0.05) is 58.1 Å². The Morgan fingerprint density at radius 3 is 2.41 bits per heavy atom. The predicted molar refractivity (Wildman–Crippen MR) is 113 cm³/mol. The van der Waals surface area contributed by atoms with Gasteiger partial charge in [-0.3, -0.25) is 9.59 Å². The normalized spacial score (nSPS) is 19.1. The molecule has 2 aliphatic rings. The molecule has 1 N–H and O–H groups in total. The SMILES string of the molecule is CCC(CC)CC1(C(=O)Nc2ccccc2SC(=O)C2CC2)CCCCC1. The molecule has 0 aromatic heterocycles. The number of hydrogen-bond acceptors (Lipinski definition) is 3. The van der Waals surface area contributed by atoms with Gasteiger partial charge in [-0.05, 0) is 61.9 Å². The lowest BCUT2D eigenvalue weighted by Gasteiger charge is -2.38. The van der Waals surface area contributed by atoms with Crippen molar-refractivity contribution in [3.63, 3.8) is 0 Å². The molecule has 2 saturated carbocycles. The Labute approximate surface area is 168 Å². The van der Waals surface area contributed by atoms with Crippen LogP contribution in [0.15, 0.2) is 29.2 Å². The van der Waals surface area contributed by atoms with Crippen molar-refractivity contribution in [1.82, 2.24) is 0 Å². The second-order valence-electron chi connectivity index (χ2n) is 8.37. The summed E-state index contributed by atoms with van der Waals surface area (Å²) < 4.78 is 0. The van der Waals surface area contributed by atoms with E-state index in [4.69, 9.17) is 0 Å². The fourth-order valence-electron chi connectivity index (χ4n) is 4.31. The number of anilines is 1. The first kappa shape index (κ1) is 20.4. The molecule has 4 heteroatoms. The van der Waals surface area contributed by atoms with Crippen molar-refractivity contribution in [2.45, 2.75) is 83.0 Å². The predicted octanol–water partition coefficient (Wildman–Crippen LogP) is 6.43. The summed E-state index contributed by atoms with van der Waals surface area (Å²) >= 11 is 1.30. The zero-order valence-corrected chi connectivity index (χ0v) is 17.6. The van der Waals surface area contributed by atoms with Gasteiger partial charge in [0.15, 0.2) is 5.12 Å². The lowest BCUT2D eigenvalue weighted by atomic mass is 9.67. The fraction of sp³-hybridized carbons (Fsp3) is 0.652. The van der Waals surface area contributed by atoms with Gasteiger partial charge in [-0.25, -0.2) is 0 Å². The van der Waals surface area contributed by atoms with E-state index in [2.05, 4.69) is 19.2 Å². The maximum atomic E-state index is 13.4. The van der Waals surface area contributed by atoms with Gasteiger partial charge in [0.25, 0.3) is 0 Å². The second kappa shape index (κ2) is 9.27. The Bertz CT molecular complexity index is 658. The minimum Gasteiger partial charge on any atom is -0.325 e. The molecule has 0 radical (unpaired) electrons. The van der Waals surface area contributed by atoms with Crippen LogP contribution in [-0.2, 0) is 9.59 Å². The monoisotopic (exact) mass is 387 g/mol. The Balaban J connectivity index is 1.76. The molecule has 3 nitrogen and oxygen atoms in total. The summed E-state index contributed by atoms with van der Waals surface area (Å²) in [6, 6.07) is 7.78. The third kappa shape index (κ3) is 5.16. The Morgan fingerprint density at radius 2 is 1.78 bits per heavy atom. The molecular formula is C23H33NO2S. The van der Waals surface area contributed by atoms with E-state index in [0.717, 1.165) is 68.4 Å². The molecule has 1 aromatic rings. The number of thioether (sulfide) groups is 1. The quantitative estimate of drug-likeness (QED) is 0.523. The Hall–Kier alpha value is -1.29. The number of amides is 1. The molecule has 0 saturated heterocycles. The van der Waals surface area contributed by atoms with Crippen molar-refractivity contribution in [2.24, 2.45) is 17.3 Å². The highest BCUT2D eigenvalue weighted by atomic mass is 32.2. The van der Waals surface area contributed by atoms with Crippen LogP contribution >= 0.6 is 11.8 Å². The number of para-hydroxylation sites is 1. The summed E-state index contributed by atoms with van der Waals surface area (Å²) in [6.07, 6.45) is 10.8. The van der Waals surface area contributed by atoms with E-state index in [1.54, 1.807) is 0 Å². The minimum atomic E-state index is -0.243. The number of nitrogens with one attached hydrogen (secondary N) is 1. The van der Waals surface area contributed by atoms with Gasteiger partial charge in [0.05, 0.1) is 5.69 Å². The molecule has 0 aliphatic heterocycles. The van der Waals surface area contributed by atoms with Crippen LogP contribution in [0.4, 0.5) is 5.69 Å². The molecule has 0 spiro atoms. The molecule has 27 heavy (non-hydrogen) atoms. The lowest BCUT2D eigenvalue weighted by molar-refractivity contribution is -0.128. The summed E-state index contributed by atoms with van der Waals surface area (Å²) in [7, 11) is 0. The first-order chi connectivity index (χ1) is 13.1. The van der Waals surface area contributed by atoms with E-state index in [0.29, 0.717) is 5.92 Å². The van der Waals surface area contributed by atoms with Crippen LogP contribution < -0.4 is 5.32 Å². The average Bonchev–Trinajstić information content (AvgIpc) is 3.53. The summed E-state index contributed by atoms with van der Waals surface area (Å²) in [5.74, 6) is 0.995. The van der Waals surface area contributed by atoms with Crippen LogP contribution in [-0.4, -0.2) is 11.0 Å². The summed E-state index contributed by atoms with van der Waals surface area (Å²) in [5.41, 5.74) is 0.559. The minimum absolute atomic E-state index is 0.168. The van der Waals surface area contributed by atoms with E-state index in [-0.39, 0.29) is 22.4 Å². The van der Waals surface area contributed by atoms with Gasteiger partial charge in [0.2, 0.25) is 5.91 Å². The van der Waals surface area contributed by atoms with E-state index in [9.17, 15) is 9.59 Å². The van der Waals surface area contributed by atoms with Crippen molar-refractivity contribution in [1.29, 1.82) is 0 Å². The van der Waals surface area contributed by atoms with Crippen molar-refractivity contribution >= 4 is 28.5 Å². The highest BCUT2D eigenvalue weighted by Crippen LogP contribution is 2.44. The molecule has 0 heterocycles. The number of carbonyl (C=O) groups is 2. The third-order valence-corrected chi connectivity index (χ3v) is 7.49. The molecule has 1 amide bonds. The summed E-state index contributed by atoms with van der Waals surface area (Å²) in [6.45, 7) is 4.47. The van der Waals surface area contributed by atoms with Crippen LogP contribution in [0.5, 0.6) is 0 Å². The number of hydrogen-bond donors (Lipinski definition) is 1. The molecule has 1 aromatic carbocycles. The average molecular weight is 388 g/mol. The Kier molecular flexibility index (Phi) is 7.02. The van der Waals surface area contributed by atoms with Crippen LogP contribution in [0.25, 0.3) is 0 Å². The molecule has 0 unspecified atom stereocenters. The second-order valence-corrected chi connectivity index (χ2v) is 9.42. The maximum Gasteiger partial charge on any atom is 0.230 e. The molecule has 3 rings (SSSR count). The van der Waals surface area contributed by atoms with Crippen LogP contribution in [0.1, 0.15) is 78.1 Å². The van der Waals surface area contributed by atoms with Gasteiger partial charge < -0.3 is 5.32 Å². The molecule has 2 fully saturated rings. The van der Waals surface area contributed by atoms with Crippen molar-refractivity contribution in [3.8, 4) is 0 Å². The molecule has 0 bridgehead atoms. The third-order valence-electron chi connectivity index (χ3n) is 6.38. The molecule has 2 aliphatic carbocycles. The van der Waals surface area contributed by atoms with Gasteiger partial charge in [-0.2, -0.15) is 0 Å². The molecule has 148 valence electrons. The molecule has 0 atom stereocenters. The van der Waals surface area contributed by atoms with Crippen LogP contribution in [0.3, 0.4) is 0 Å². The largest absolute Gasteiger partial charge is 0.325 e. The smallest absolute Gasteiger partial charge is 0.230 e. The van der Waals surface area contributed by atoms with Gasteiger partial charge >= 0.3 is 0 Å². The van der Waals surface area contributed by atoms with Crippen molar-refractivity contribution < 1.29 is 9.59 Å². The summed E-state index contributed by atoms with van der Waals surface area (Å²) in [4.78, 5) is 26.6. The lowest BCUT2D eigenvalue weighted by Crippen LogP contribution is -2.39. The van der Waals surface area contributed by atoms with E-state index < -0.39 is 0 Å².